The molecule has 0 aromatic heterocycles. The Morgan fingerprint density at radius 1 is 1.07 bits per heavy atom. The van der Waals surface area contributed by atoms with Crippen LogP contribution in [0.1, 0.15) is 5.56 Å². The van der Waals surface area contributed by atoms with E-state index in [1.807, 2.05) is 0 Å². The average Bonchev–Trinajstić information content (AvgIpc) is 3.00. The number of nitro benzene ring substituents is 1. The Bertz CT molecular complexity index is 1040. The number of methoxy groups -OCH3 is 3. The lowest BCUT2D eigenvalue weighted by Gasteiger charge is -2.14. The van der Waals surface area contributed by atoms with Gasteiger partial charge in [-0.1, -0.05) is 30.0 Å². The molecule has 0 spiro atoms. The SMILES string of the molecule is COc1cc(OC)c(OC)cc1/C=C1\SC(=S)N(c2cccc([N+](=O)[O-])c2)C1=O. The molecule has 10 heteroatoms. The number of nitro groups is 1. The maximum Gasteiger partial charge on any atom is 0.271 e. The summed E-state index contributed by atoms with van der Waals surface area (Å²) in [7, 11) is 4.53. The molecule has 1 aliphatic rings. The Hall–Kier alpha value is -3.11. The first-order valence-corrected chi connectivity index (χ1v) is 9.44. The minimum Gasteiger partial charge on any atom is -0.496 e. The number of carbonyl (C=O) groups is 1. The van der Waals surface area contributed by atoms with Crippen LogP contribution in [-0.4, -0.2) is 36.5 Å². The molecular weight excluding hydrogens is 416 g/mol. The van der Waals surface area contributed by atoms with Gasteiger partial charge in [0.2, 0.25) is 0 Å². The largest absolute Gasteiger partial charge is 0.496 e. The predicted octanol–water partition coefficient (Wildman–Crippen LogP) is 4.03. The van der Waals surface area contributed by atoms with Gasteiger partial charge in [-0.25, -0.2) is 0 Å². The van der Waals surface area contributed by atoms with E-state index in [-0.39, 0.29) is 15.9 Å². The molecule has 8 nitrogen and oxygen atoms in total. The maximum atomic E-state index is 13.0. The molecule has 2 aromatic rings. The lowest BCUT2D eigenvalue weighted by molar-refractivity contribution is -0.384. The lowest BCUT2D eigenvalue weighted by Crippen LogP contribution is -2.27. The van der Waals surface area contributed by atoms with Crippen molar-refractivity contribution >= 4 is 51.7 Å². The predicted molar refractivity (Wildman–Crippen MR) is 115 cm³/mol. The van der Waals surface area contributed by atoms with Crippen LogP contribution in [0.2, 0.25) is 0 Å². The van der Waals surface area contributed by atoms with E-state index in [4.69, 9.17) is 26.4 Å². The van der Waals surface area contributed by atoms with Gasteiger partial charge in [0.1, 0.15) is 5.75 Å². The summed E-state index contributed by atoms with van der Waals surface area (Å²) in [6.07, 6.45) is 1.64. The smallest absolute Gasteiger partial charge is 0.271 e. The molecule has 1 saturated heterocycles. The second-order valence-corrected chi connectivity index (χ2v) is 7.42. The Labute approximate surface area is 176 Å². The number of thiocarbonyl (C=S) groups is 1. The Balaban J connectivity index is 2.01. The summed E-state index contributed by atoms with van der Waals surface area (Å²) in [5, 5.41) is 11.0. The van der Waals surface area contributed by atoms with Gasteiger partial charge in [0, 0.05) is 23.8 Å². The minimum absolute atomic E-state index is 0.123. The second-order valence-electron chi connectivity index (χ2n) is 5.74. The molecule has 0 N–H and O–H groups in total. The first-order chi connectivity index (χ1) is 13.9. The number of rotatable bonds is 6. The summed E-state index contributed by atoms with van der Waals surface area (Å²) in [6, 6.07) is 9.12. The number of amides is 1. The molecule has 1 fully saturated rings. The van der Waals surface area contributed by atoms with E-state index < -0.39 is 4.92 Å². The number of thioether (sulfide) groups is 1. The van der Waals surface area contributed by atoms with Crippen molar-refractivity contribution in [3.63, 3.8) is 0 Å². The van der Waals surface area contributed by atoms with E-state index in [1.165, 1.54) is 44.4 Å². The molecule has 0 aliphatic carbocycles. The molecule has 1 amide bonds. The number of anilines is 1. The minimum atomic E-state index is -0.522. The van der Waals surface area contributed by atoms with Gasteiger partial charge in [-0.15, -0.1) is 0 Å². The molecule has 1 aliphatic heterocycles. The Morgan fingerprint density at radius 2 is 1.72 bits per heavy atom. The van der Waals surface area contributed by atoms with E-state index in [0.717, 1.165) is 11.8 Å². The van der Waals surface area contributed by atoms with Crippen LogP contribution in [0.15, 0.2) is 41.3 Å². The van der Waals surface area contributed by atoms with E-state index in [2.05, 4.69) is 0 Å². The summed E-state index contributed by atoms with van der Waals surface area (Å²) in [6.45, 7) is 0. The third kappa shape index (κ3) is 4.03. The molecule has 3 rings (SSSR count). The molecule has 0 atom stereocenters. The molecule has 2 aromatic carbocycles. The average molecular weight is 432 g/mol. The Morgan fingerprint density at radius 3 is 2.34 bits per heavy atom. The number of ether oxygens (including phenoxy) is 3. The standard InChI is InChI=1S/C19H16N2O6S2/c1-25-14-10-16(27-3)15(26-2)7-11(14)8-17-18(22)20(19(28)29-17)12-5-4-6-13(9-12)21(23)24/h4-10H,1-3H3/b17-8-. The lowest BCUT2D eigenvalue weighted by atomic mass is 10.1. The number of hydrogen-bond acceptors (Lipinski definition) is 8. The van der Waals surface area contributed by atoms with Crippen molar-refractivity contribution in [2.75, 3.05) is 26.2 Å². The molecule has 0 bridgehead atoms. The zero-order valence-corrected chi connectivity index (χ0v) is 17.3. The van der Waals surface area contributed by atoms with Crippen LogP contribution >= 0.6 is 24.0 Å². The highest BCUT2D eigenvalue weighted by Crippen LogP contribution is 2.40. The third-order valence-electron chi connectivity index (χ3n) is 4.11. The molecule has 1 heterocycles. The van der Waals surface area contributed by atoms with Gasteiger partial charge in [0.25, 0.3) is 11.6 Å². The van der Waals surface area contributed by atoms with E-state index >= 15 is 0 Å². The summed E-state index contributed by atoms with van der Waals surface area (Å²) in [5.41, 5.74) is 0.816. The molecule has 0 saturated carbocycles. The van der Waals surface area contributed by atoms with Crippen LogP contribution in [0.25, 0.3) is 6.08 Å². The fraction of sp³-hybridized carbons (Fsp3) is 0.158. The van der Waals surface area contributed by atoms with E-state index in [1.54, 1.807) is 24.3 Å². The summed E-state index contributed by atoms with van der Waals surface area (Å²) in [4.78, 5) is 25.1. The molecular formula is C19H16N2O6S2. The van der Waals surface area contributed by atoms with Crippen molar-refractivity contribution < 1.29 is 23.9 Å². The third-order valence-corrected chi connectivity index (χ3v) is 5.42. The van der Waals surface area contributed by atoms with E-state index in [9.17, 15) is 14.9 Å². The van der Waals surface area contributed by atoms with Crippen molar-refractivity contribution in [3.05, 3.63) is 57.0 Å². The topological polar surface area (TPSA) is 91.1 Å². The van der Waals surface area contributed by atoms with Crippen molar-refractivity contribution in [2.24, 2.45) is 0 Å². The van der Waals surface area contributed by atoms with Crippen LogP contribution in [0.5, 0.6) is 17.2 Å². The van der Waals surface area contributed by atoms with Crippen LogP contribution < -0.4 is 19.1 Å². The first kappa shape index (κ1) is 20.6. The van der Waals surface area contributed by atoms with Crippen molar-refractivity contribution in [1.29, 1.82) is 0 Å². The molecule has 29 heavy (non-hydrogen) atoms. The van der Waals surface area contributed by atoms with Crippen LogP contribution in [-0.2, 0) is 4.79 Å². The summed E-state index contributed by atoms with van der Waals surface area (Å²) < 4.78 is 16.2. The summed E-state index contributed by atoms with van der Waals surface area (Å²) >= 11 is 6.43. The highest BCUT2D eigenvalue weighted by atomic mass is 32.2. The molecule has 0 unspecified atom stereocenters. The van der Waals surface area contributed by atoms with Gasteiger partial charge < -0.3 is 14.2 Å². The highest BCUT2D eigenvalue weighted by molar-refractivity contribution is 8.27. The first-order valence-electron chi connectivity index (χ1n) is 8.22. The van der Waals surface area contributed by atoms with Gasteiger partial charge in [-0.05, 0) is 18.2 Å². The highest BCUT2D eigenvalue weighted by Gasteiger charge is 2.34. The number of non-ortho nitro benzene ring substituents is 1. The van der Waals surface area contributed by atoms with Crippen LogP contribution in [0.3, 0.4) is 0 Å². The van der Waals surface area contributed by atoms with Crippen LogP contribution in [0, 0.1) is 10.1 Å². The quantitative estimate of drug-likeness (QED) is 0.292. The fourth-order valence-corrected chi connectivity index (χ4v) is 4.03. The normalized spacial score (nSPS) is 15.0. The van der Waals surface area contributed by atoms with Crippen molar-refractivity contribution in [3.8, 4) is 17.2 Å². The van der Waals surface area contributed by atoms with Gasteiger partial charge in [-0.3, -0.25) is 19.8 Å². The fourth-order valence-electron chi connectivity index (χ4n) is 2.74. The molecule has 0 radical (unpaired) electrons. The van der Waals surface area contributed by atoms with Gasteiger partial charge in [0.15, 0.2) is 15.8 Å². The van der Waals surface area contributed by atoms with Crippen molar-refractivity contribution in [1.82, 2.24) is 0 Å². The number of benzene rings is 2. The van der Waals surface area contributed by atoms with Crippen molar-refractivity contribution in [2.45, 2.75) is 0 Å². The Kier molecular flexibility index (Phi) is 6.04. The van der Waals surface area contributed by atoms with E-state index in [0.29, 0.717) is 33.4 Å². The zero-order valence-electron chi connectivity index (χ0n) is 15.7. The summed E-state index contributed by atoms with van der Waals surface area (Å²) in [5.74, 6) is 1.08. The van der Waals surface area contributed by atoms with Gasteiger partial charge >= 0.3 is 0 Å². The number of hydrogen-bond donors (Lipinski definition) is 0. The zero-order chi connectivity index (χ0) is 21.1. The molecule has 150 valence electrons. The second kappa shape index (κ2) is 8.50. The van der Waals surface area contributed by atoms with Gasteiger partial charge in [0.05, 0.1) is 36.8 Å². The van der Waals surface area contributed by atoms with Gasteiger partial charge in [-0.2, -0.15) is 0 Å². The monoisotopic (exact) mass is 432 g/mol. The van der Waals surface area contributed by atoms with Crippen LogP contribution in [0.4, 0.5) is 11.4 Å². The maximum absolute atomic E-state index is 13.0. The number of nitrogens with zero attached hydrogens (tertiary/aromatic N) is 2. The number of carbonyl (C=O) groups excluding carboxylic acids is 1.